The van der Waals surface area contributed by atoms with Crippen LogP contribution in [0.25, 0.3) is 0 Å². The summed E-state index contributed by atoms with van der Waals surface area (Å²) in [6, 6.07) is 0. The summed E-state index contributed by atoms with van der Waals surface area (Å²) in [6.45, 7) is 17.3. The van der Waals surface area contributed by atoms with E-state index < -0.39 is 0 Å². The molecule has 0 heteroatoms. The van der Waals surface area contributed by atoms with Crippen LogP contribution in [0.5, 0.6) is 0 Å². The smallest absolute Gasteiger partial charge is 0.0329 e. The van der Waals surface area contributed by atoms with E-state index in [2.05, 4.69) is 27.7 Å². The molecule has 0 bridgehead atoms. The first-order valence-electron chi connectivity index (χ1n) is 7.18. The molecule has 0 saturated heterocycles. The van der Waals surface area contributed by atoms with Gasteiger partial charge in [-0.05, 0) is 18.3 Å². The van der Waals surface area contributed by atoms with Crippen molar-refractivity contribution in [1.82, 2.24) is 0 Å². The van der Waals surface area contributed by atoms with Crippen molar-refractivity contribution in [3.05, 3.63) is 0 Å². The molecular formula is C15H36. The van der Waals surface area contributed by atoms with Crippen LogP contribution in [-0.4, -0.2) is 0 Å². The van der Waals surface area contributed by atoms with Crippen molar-refractivity contribution < 1.29 is 0 Å². The van der Waals surface area contributed by atoms with Gasteiger partial charge in [-0.3, -0.25) is 0 Å². The van der Waals surface area contributed by atoms with E-state index in [4.69, 9.17) is 0 Å². The molecule has 0 aromatic rings. The Morgan fingerprint density at radius 1 is 0.733 bits per heavy atom. The van der Waals surface area contributed by atoms with Crippen molar-refractivity contribution in [2.75, 3.05) is 0 Å². The molecule has 0 fully saturated rings. The molecule has 96 valence electrons. The lowest BCUT2D eigenvalue weighted by atomic mass is 9.79. The van der Waals surface area contributed by atoms with Gasteiger partial charge in [-0.2, -0.15) is 0 Å². The fraction of sp³-hybridized carbons (Fsp3) is 1.00. The zero-order valence-corrected chi connectivity index (χ0v) is 12.7. The molecule has 0 aliphatic carbocycles. The molecule has 0 aliphatic heterocycles. The molecule has 0 rings (SSSR count). The van der Waals surface area contributed by atoms with Gasteiger partial charge in [0, 0.05) is 0 Å². The largest absolute Gasteiger partial charge is 0.0683 e. The Balaban J connectivity index is -0.000000318. The van der Waals surface area contributed by atoms with Crippen molar-refractivity contribution in [2.45, 2.75) is 93.9 Å². The van der Waals surface area contributed by atoms with E-state index >= 15 is 0 Å². The topological polar surface area (TPSA) is 0 Å². The van der Waals surface area contributed by atoms with Crippen LogP contribution in [0.15, 0.2) is 0 Å². The SMILES string of the molecule is CC.CC.CCCCC(C)(CC)CCC. The summed E-state index contributed by atoms with van der Waals surface area (Å²) in [7, 11) is 0. The molecule has 0 N–H and O–H groups in total. The second kappa shape index (κ2) is 16.4. The molecule has 0 saturated carbocycles. The second-order valence-electron chi connectivity index (χ2n) is 4.02. The molecule has 1 atom stereocenters. The Morgan fingerprint density at radius 3 is 1.47 bits per heavy atom. The van der Waals surface area contributed by atoms with E-state index in [0.29, 0.717) is 5.41 Å². The summed E-state index contributed by atoms with van der Waals surface area (Å²) in [4.78, 5) is 0. The lowest BCUT2D eigenvalue weighted by Crippen LogP contribution is -2.14. The third kappa shape index (κ3) is 14.0. The number of hydrogen-bond acceptors (Lipinski definition) is 0. The Labute approximate surface area is 99.9 Å². The second-order valence-corrected chi connectivity index (χ2v) is 4.02. The third-order valence-electron chi connectivity index (χ3n) is 2.84. The summed E-state index contributed by atoms with van der Waals surface area (Å²) in [5.74, 6) is 0. The normalized spacial score (nSPS) is 12.8. The predicted octanol–water partition coefficient (Wildman–Crippen LogP) is 6.45. The van der Waals surface area contributed by atoms with Crippen LogP contribution >= 0.6 is 0 Å². The first-order chi connectivity index (χ1) is 7.18. The van der Waals surface area contributed by atoms with Crippen molar-refractivity contribution in [3.8, 4) is 0 Å². The van der Waals surface area contributed by atoms with Gasteiger partial charge in [-0.1, -0.05) is 81.1 Å². The molecule has 0 heterocycles. The first-order valence-corrected chi connectivity index (χ1v) is 7.18. The van der Waals surface area contributed by atoms with Gasteiger partial charge in [0.1, 0.15) is 0 Å². The average molecular weight is 216 g/mol. The number of unbranched alkanes of at least 4 members (excludes halogenated alkanes) is 1. The minimum absolute atomic E-state index is 0.644. The maximum atomic E-state index is 2.44. The van der Waals surface area contributed by atoms with Gasteiger partial charge < -0.3 is 0 Å². The van der Waals surface area contributed by atoms with Crippen LogP contribution in [-0.2, 0) is 0 Å². The highest BCUT2D eigenvalue weighted by Gasteiger charge is 2.19. The number of hydrogen-bond donors (Lipinski definition) is 0. The van der Waals surface area contributed by atoms with Gasteiger partial charge in [0.25, 0.3) is 0 Å². The van der Waals surface area contributed by atoms with Gasteiger partial charge in [-0.25, -0.2) is 0 Å². The zero-order valence-electron chi connectivity index (χ0n) is 12.7. The van der Waals surface area contributed by atoms with E-state index in [0.717, 1.165) is 0 Å². The summed E-state index contributed by atoms with van der Waals surface area (Å²) in [6.07, 6.45) is 8.27. The maximum Gasteiger partial charge on any atom is -0.0329 e. The molecule has 0 amide bonds. The van der Waals surface area contributed by atoms with Crippen LogP contribution in [0.3, 0.4) is 0 Å². The summed E-state index contributed by atoms with van der Waals surface area (Å²) in [5.41, 5.74) is 0.644. The predicted molar refractivity (Wildman–Crippen MR) is 75.5 cm³/mol. The molecule has 15 heavy (non-hydrogen) atoms. The molecule has 0 aromatic carbocycles. The molecule has 1 unspecified atom stereocenters. The van der Waals surface area contributed by atoms with E-state index in [1.807, 2.05) is 27.7 Å². The first kappa shape index (κ1) is 20.4. The van der Waals surface area contributed by atoms with E-state index in [9.17, 15) is 0 Å². The van der Waals surface area contributed by atoms with Gasteiger partial charge >= 0.3 is 0 Å². The lowest BCUT2D eigenvalue weighted by molar-refractivity contribution is 0.250. The molecule has 0 aliphatic rings. The van der Waals surface area contributed by atoms with Gasteiger partial charge in [-0.15, -0.1) is 0 Å². The van der Waals surface area contributed by atoms with E-state index in [1.165, 1.54) is 38.5 Å². The molecule has 0 radical (unpaired) electrons. The molecule has 0 spiro atoms. The van der Waals surface area contributed by atoms with E-state index in [-0.39, 0.29) is 0 Å². The highest BCUT2D eigenvalue weighted by Crippen LogP contribution is 2.32. The Bertz CT molecular complexity index is 86.0. The summed E-state index contributed by atoms with van der Waals surface area (Å²) in [5, 5.41) is 0. The quantitative estimate of drug-likeness (QED) is 0.479. The minimum Gasteiger partial charge on any atom is -0.0683 e. The van der Waals surface area contributed by atoms with Crippen LogP contribution in [0.1, 0.15) is 93.9 Å². The van der Waals surface area contributed by atoms with E-state index in [1.54, 1.807) is 0 Å². The standard InChI is InChI=1S/C11H24.2C2H6/c1-5-8-10-11(4,7-3)9-6-2;2*1-2/h5-10H2,1-4H3;2*1-2H3. The van der Waals surface area contributed by atoms with Gasteiger partial charge in [0.05, 0.1) is 0 Å². The van der Waals surface area contributed by atoms with Crippen LogP contribution in [0.4, 0.5) is 0 Å². The van der Waals surface area contributed by atoms with Crippen LogP contribution in [0, 0.1) is 5.41 Å². The number of rotatable bonds is 6. The highest BCUT2D eigenvalue weighted by molar-refractivity contribution is 4.71. The monoisotopic (exact) mass is 216 g/mol. The highest BCUT2D eigenvalue weighted by atomic mass is 14.2. The van der Waals surface area contributed by atoms with Gasteiger partial charge in [0.2, 0.25) is 0 Å². The van der Waals surface area contributed by atoms with Crippen molar-refractivity contribution in [1.29, 1.82) is 0 Å². The van der Waals surface area contributed by atoms with Crippen molar-refractivity contribution >= 4 is 0 Å². The summed E-state index contributed by atoms with van der Waals surface area (Å²) >= 11 is 0. The Hall–Kier alpha value is 0. The van der Waals surface area contributed by atoms with Crippen molar-refractivity contribution in [3.63, 3.8) is 0 Å². The maximum absolute atomic E-state index is 2.44. The van der Waals surface area contributed by atoms with Gasteiger partial charge in [0.15, 0.2) is 0 Å². The molecule has 0 aromatic heterocycles. The Kier molecular flexibility index (Phi) is 22.4. The zero-order chi connectivity index (χ0) is 12.7. The lowest BCUT2D eigenvalue weighted by Gasteiger charge is -2.27. The Morgan fingerprint density at radius 2 is 1.20 bits per heavy atom. The molecule has 0 nitrogen and oxygen atoms in total. The fourth-order valence-corrected chi connectivity index (χ4v) is 1.69. The average Bonchev–Trinajstić information content (AvgIpc) is 2.32. The van der Waals surface area contributed by atoms with Crippen molar-refractivity contribution in [2.24, 2.45) is 5.41 Å². The summed E-state index contributed by atoms with van der Waals surface area (Å²) < 4.78 is 0. The fourth-order valence-electron chi connectivity index (χ4n) is 1.69. The van der Waals surface area contributed by atoms with Crippen LogP contribution in [0.2, 0.25) is 0 Å². The molecular weight excluding hydrogens is 180 g/mol. The minimum atomic E-state index is 0.644. The third-order valence-corrected chi connectivity index (χ3v) is 2.84. The van der Waals surface area contributed by atoms with Crippen LogP contribution < -0.4 is 0 Å².